The smallest absolute Gasteiger partial charge is 0.334 e. The van der Waals surface area contributed by atoms with Crippen LogP contribution in [0.2, 0.25) is 0 Å². The number of aromatic nitrogens is 2. The quantitative estimate of drug-likeness (QED) is 0.564. The van der Waals surface area contributed by atoms with Crippen LogP contribution in [0.1, 0.15) is 37.6 Å². The molecule has 1 aromatic heterocycles. The van der Waals surface area contributed by atoms with Crippen LogP contribution in [0.15, 0.2) is 41.7 Å². The fourth-order valence-corrected chi connectivity index (χ4v) is 4.51. The van der Waals surface area contributed by atoms with Crippen LogP contribution in [-0.4, -0.2) is 54.3 Å². The SMILES string of the molecule is CCN(CC)S(=O)(=O)c1ccc(CCC(=O)N[C@@H](C(=O)OC)c2cncn2C)cc1. The second kappa shape index (κ2) is 10.4. The Hall–Kier alpha value is -2.72. The van der Waals surface area contributed by atoms with E-state index in [4.69, 9.17) is 4.74 Å². The lowest BCUT2D eigenvalue weighted by atomic mass is 10.1. The molecule has 0 saturated heterocycles. The molecule has 0 aliphatic rings. The third-order valence-corrected chi connectivity index (χ3v) is 6.86. The Labute approximate surface area is 177 Å². The van der Waals surface area contributed by atoms with Gasteiger partial charge >= 0.3 is 5.97 Å². The van der Waals surface area contributed by atoms with Gasteiger partial charge in [-0.15, -0.1) is 0 Å². The summed E-state index contributed by atoms with van der Waals surface area (Å²) >= 11 is 0. The van der Waals surface area contributed by atoms with Crippen molar-refractivity contribution in [3.05, 3.63) is 48.0 Å². The Morgan fingerprint density at radius 3 is 2.33 bits per heavy atom. The summed E-state index contributed by atoms with van der Waals surface area (Å²) in [7, 11) is -0.536. The lowest BCUT2D eigenvalue weighted by Gasteiger charge is -2.18. The molecule has 1 N–H and O–H groups in total. The molecule has 0 fully saturated rings. The van der Waals surface area contributed by atoms with E-state index in [1.165, 1.54) is 23.9 Å². The fraction of sp³-hybridized carbons (Fsp3) is 0.450. The number of imidazole rings is 1. The summed E-state index contributed by atoms with van der Waals surface area (Å²) in [6.07, 6.45) is 3.56. The maximum atomic E-state index is 12.5. The predicted octanol–water partition coefficient (Wildman–Crippen LogP) is 1.41. The first kappa shape index (κ1) is 23.6. The summed E-state index contributed by atoms with van der Waals surface area (Å²) in [5, 5.41) is 2.67. The second-order valence-corrected chi connectivity index (χ2v) is 8.62. The zero-order valence-corrected chi connectivity index (χ0v) is 18.5. The minimum atomic E-state index is -3.51. The number of carbonyl (C=O) groups excluding carboxylic acids is 2. The second-order valence-electron chi connectivity index (χ2n) is 6.69. The summed E-state index contributed by atoms with van der Waals surface area (Å²) < 4.78 is 32.9. The fourth-order valence-electron chi connectivity index (χ4n) is 3.05. The average Bonchev–Trinajstić information content (AvgIpc) is 3.16. The van der Waals surface area contributed by atoms with Gasteiger partial charge in [0, 0.05) is 26.6 Å². The summed E-state index contributed by atoms with van der Waals surface area (Å²) in [6.45, 7) is 4.39. The number of methoxy groups -OCH3 is 1. The molecule has 2 rings (SSSR count). The normalized spacial score (nSPS) is 12.6. The number of ether oxygens (including phenoxy) is 1. The molecular formula is C20H28N4O5S. The molecule has 9 nitrogen and oxygen atoms in total. The van der Waals surface area contributed by atoms with E-state index >= 15 is 0 Å². The van der Waals surface area contributed by atoms with Crippen LogP contribution in [0.5, 0.6) is 0 Å². The van der Waals surface area contributed by atoms with Gasteiger partial charge in [0.05, 0.1) is 30.2 Å². The average molecular weight is 437 g/mol. The number of carbonyl (C=O) groups is 2. The van der Waals surface area contributed by atoms with Crippen molar-refractivity contribution in [2.75, 3.05) is 20.2 Å². The number of aryl methyl sites for hydroxylation is 2. The largest absolute Gasteiger partial charge is 0.467 e. The topological polar surface area (TPSA) is 111 Å². The summed E-state index contributed by atoms with van der Waals surface area (Å²) in [6, 6.07) is 5.55. The lowest BCUT2D eigenvalue weighted by Crippen LogP contribution is -2.35. The van der Waals surface area contributed by atoms with Crippen molar-refractivity contribution < 1.29 is 22.7 Å². The van der Waals surface area contributed by atoms with E-state index in [1.807, 2.05) is 0 Å². The van der Waals surface area contributed by atoms with E-state index in [0.29, 0.717) is 25.2 Å². The van der Waals surface area contributed by atoms with Gasteiger partial charge in [-0.2, -0.15) is 4.31 Å². The van der Waals surface area contributed by atoms with Crippen LogP contribution in [-0.2, 0) is 37.8 Å². The minimum Gasteiger partial charge on any atom is -0.467 e. The van der Waals surface area contributed by atoms with Gasteiger partial charge in [0.1, 0.15) is 0 Å². The van der Waals surface area contributed by atoms with Gasteiger partial charge in [-0.05, 0) is 24.1 Å². The zero-order chi connectivity index (χ0) is 22.3. The van der Waals surface area contributed by atoms with E-state index in [-0.39, 0.29) is 17.2 Å². The van der Waals surface area contributed by atoms with Crippen LogP contribution in [0.4, 0.5) is 0 Å². The number of esters is 1. The van der Waals surface area contributed by atoms with E-state index in [0.717, 1.165) is 5.56 Å². The molecule has 0 bridgehead atoms. The Balaban J connectivity index is 2.02. The van der Waals surface area contributed by atoms with Crippen molar-refractivity contribution in [3.63, 3.8) is 0 Å². The lowest BCUT2D eigenvalue weighted by molar-refractivity contribution is -0.145. The van der Waals surface area contributed by atoms with Gasteiger partial charge in [0.25, 0.3) is 0 Å². The molecule has 1 aromatic carbocycles. The monoisotopic (exact) mass is 436 g/mol. The van der Waals surface area contributed by atoms with Gasteiger partial charge in [0.2, 0.25) is 15.9 Å². The van der Waals surface area contributed by atoms with E-state index < -0.39 is 22.0 Å². The number of sulfonamides is 1. The third kappa shape index (κ3) is 5.45. The third-order valence-electron chi connectivity index (χ3n) is 4.80. The number of benzene rings is 1. The Morgan fingerprint density at radius 1 is 1.20 bits per heavy atom. The highest BCUT2D eigenvalue weighted by Gasteiger charge is 2.26. The molecule has 0 aliphatic carbocycles. The van der Waals surface area contributed by atoms with Gasteiger partial charge in [-0.1, -0.05) is 26.0 Å². The van der Waals surface area contributed by atoms with Gasteiger partial charge in [0.15, 0.2) is 6.04 Å². The van der Waals surface area contributed by atoms with Crippen LogP contribution in [0, 0.1) is 0 Å². The van der Waals surface area contributed by atoms with Gasteiger partial charge < -0.3 is 14.6 Å². The molecule has 1 amide bonds. The predicted molar refractivity (Wildman–Crippen MR) is 111 cm³/mol. The highest BCUT2D eigenvalue weighted by atomic mass is 32.2. The molecule has 0 saturated carbocycles. The van der Waals surface area contributed by atoms with Gasteiger partial charge in [-0.25, -0.2) is 18.2 Å². The molecule has 0 radical (unpaired) electrons. The first-order valence-corrected chi connectivity index (χ1v) is 11.1. The minimum absolute atomic E-state index is 0.132. The molecule has 0 aliphatic heterocycles. The molecule has 1 heterocycles. The number of amides is 1. The molecule has 1 atom stereocenters. The van der Waals surface area contributed by atoms with Crippen molar-refractivity contribution in [1.29, 1.82) is 0 Å². The van der Waals surface area contributed by atoms with Crippen LogP contribution in [0.3, 0.4) is 0 Å². The molecule has 164 valence electrons. The van der Waals surface area contributed by atoms with Crippen LogP contribution >= 0.6 is 0 Å². The van der Waals surface area contributed by atoms with E-state index in [1.54, 1.807) is 49.7 Å². The molecule has 10 heteroatoms. The Bertz CT molecular complexity index is 965. The van der Waals surface area contributed by atoms with Crippen molar-refractivity contribution >= 4 is 21.9 Å². The van der Waals surface area contributed by atoms with E-state index in [2.05, 4.69) is 10.3 Å². The first-order chi connectivity index (χ1) is 14.2. The van der Waals surface area contributed by atoms with Crippen molar-refractivity contribution in [2.45, 2.75) is 37.6 Å². The number of hydrogen-bond acceptors (Lipinski definition) is 6. The number of rotatable bonds is 10. The maximum Gasteiger partial charge on any atom is 0.334 e. The maximum absolute atomic E-state index is 12.5. The first-order valence-electron chi connectivity index (χ1n) is 9.67. The molecule has 0 spiro atoms. The number of nitrogens with one attached hydrogen (secondary N) is 1. The van der Waals surface area contributed by atoms with Crippen molar-refractivity contribution in [3.8, 4) is 0 Å². The molecule has 30 heavy (non-hydrogen) atoms. The summed E-state index contributed by atoms with van der Waals surface area (Å²) in [4.78, 5) is 28.7. The zero-order valence-electron chi connectivity index (χ0n) is 17.7. The standard InChI is InChI=1S/C20H28N4O5S/c1-5-24(6-2)30(27,28)16-10-7-15(8-11-16)9-12-18(25)22-19(20(26)29-4)17-13-21-14-23(17)3/h7-8,10-11,13-14,19H,5-6,9,12H2,1-4H3,(H,22,25)/t19-/m1/s1. The molecule has 2 aromatic rings. The van der Waals surface area contributed by atoms with E-state index in [9.17, 15) is 18.0 Å². The van der Waals surface area contributed by atoms with Crippen LogP contribution in [0.25, 0.3) is 0 Å². The summed E-state index contributed by atoms with van der Waals surface area (Å²) in [5.74, 6) is -0.913. The molecule has 0 unspecified atom stereocenters. The van der Waals surface area contributed by atoms with Crippen LogP contribution < -0.4 is 5.32 Å². The highest BCUT2D eigenvalue weighted by Crippen LogP contribution is 2.17. The Kier molecular flexibility index (Phi) is 8.13. The van der Waals surface area contributed by atoms with Crippen molar-refractivity contribution in [1.82, 2.24) is 19.2 Å². The summed E-state index contributed by atoms with van der Waals surface area (Å²) in [5.41, 5.74) is 1.33. The van der Waals surface area contributed by atoms with Gasteiger partial charge in [-0.3, -0.25) is 4.79 Å². The number of nitrogens with zero attached hydrogens (tertiary/aromatic N) is 3. The number of hydrogen-bond donors (Lipinski definition) is 1. The highest BCUT2D eigenvalue weighted by molar-refractivity contribution is 7.89. The molecular weight excluding hydrogens is 408 g/mol. The van der Waals surface area contributed by atoms with Crippen molar-refractivity contribution in [2.24, 2.45) is 7.05 Å². The Morgan fingerprint density at radius 2 is 1.83 bits per heavy atom.